The van der Waals surface area contributed by atoms with Crippen molar-refractivity contribution < 1.29 is 14.3 Å². The molecule has 0 unspecified atom stereocenters. The summed E-state index contributed by atoms with van der Waals surface area (Å²) in [5.41, 5.74) is 1.33. The first-order valence-corrected chi connectivity index (χ1v) is 5.82. The van der Waals surface area contributed by atoms with Gasteiger partial charge in [-0.15, -0.1) is 0 Å². The molecule has 1 rings (SSSR count). The lowest BCUT2D eigenvalue weighted by Gasteiger charge is -2.09. The lowest BCUT2D eigenvalue weighted by molar-refractivity contribution is -0.120. The van der Waals surface area contributed by atoms with Crippen LogP contribution < -0.4 is 10.6 Å². The quantitative estimate of drug-likeness (QED) is 0.729. The maximum Gasteiger partial charge on any atom is 0.338 e. The number of likely N-dealkylation sites (N-methyl/N-ethyl adjacent to an activating group) is 1. The molecule has 0 bridgehead atoms. The molecular weight excluding hydrogens is 232 g/mol. The van der Waals surface area contributed by atoms with Crippen molar-refractivity contribution in [2.45, 2.75) is 13.5 Å². The van der Waals surface area contributed by atoms with Gasteiger partial charge in [0.1, 0.15) is 0 Å². The third-order valence-corrected chi connectivity index (χ3v) is 2.40. The minimum Gasteiger partial charge on any atom is -0.465 e. The van der Waals surface area contributed by atoms with Gasteiger partial charge in [0.2, 0.25) is 5.91 Å². The fourth-order valence-corrected chi connectivity index (χ4v) is 1.55. The highest BCUT2D eigenvalue weighted by Crippen LogP contribution is 2.09. The minimum absolute atomic E-state index is 0.0620. The van der Waals surface area contributed by atoms with E-state index < -0.39 is 0 Å². The molecule has 0 aliphatic rings. The van der Waals surface area contributed by atoms with Crippen LogP contribution >= 0.6 is 0 Å². The molecule has 0 radical (unpaired) electrons. The van der Waals surface area contributed by atoms with Gasteiger partial charge in [0, 0.05) is 13.1 Å². The number of rotatable bonds is 6. The average molecular weight is 250 g/mol. The predicted molar refractivity (Wildman–Crippen MR) is 68.2 cm³/mol. The van der Waals surface area contributed by atoms with Gasteiger partial charge >= 0.3 is 5.97 Å². The molecule has 0 aliphatic heterocycles. The smallest absolute Gasteiger partial charge is 0.338 e. The molecule has 98 valence electrons. The van der Waals surface area contributed by atoms with E-state index in [0.29, 0.717) is 18.7 Å². The summed E-state index contributed by atoms with van der Waals surface area (Å²) in [5, 5.41) is 5.67. The Labute approximate surface area is 107 Å². The molecule has 2 N–H and O–H groups in total. The fourth-order valence-electron chi connectivity index (χ4n) is 1.55. The van der Waals surface area contributed by atoms with Crippen molar-refractivity contribution in [1.29, 1.82) is 0 Å². The first-order chi connectivity index (χ1) is 8.69. The minimum atomic E-state index is -0.370. The second-order valence-electron chi connectivity index (χ2n) is 3.71. The summed E-state index contributed by atoms with van der Waals surface area (Å²) >= 11 is 0. The zero-order valence-corrected chi connectivity index (χ0v) is 10.7. The maximum atomic E-state index is 11.5. The molecule has 1 aromatic carbocycles. The maximum absolute atomic E-state index is 11.5. The second-order valence-corrected chi connectivity index (χ2v) is 3.71. The Hall–Kier alpha value is -1.88. The van der Waals surface area contributed by atoms with E-state index in [0.717, 1.165) is 5.56 Å². The lowest BCUT2D eigenvalue weighted by Crippen LogP contribution is -2.33. The first kappa shape index (κ1) is 14.2. The standard InChI is InChI=1S/C13H18N2O3/c1-3-15-12(16)9-14-8-10-6-4-5-7-11(10)13(17)18-2/h4-7,14H,3,8-9H2,1-2H3,(H,15,16). The van der Waals surface area contributed by atoms with Gasteiger partial charge in [-0.05, 0) is 18.6 Å². The summed E-state index contributed by atoms with van der Waals surface area (Å²) in [5.74, 6) is -0.432. The molecule has 0 heterocycles. The number of nitrogens with one attached hydrogen (secondary N) is 2. The largest absolute Gasteiger partial charge is 0.465 e. The number of amides is 1. The summed E-state index contributed by atoms with van der Waals surface area (Å²) in [7, 11) is 1.35. The van der Waals surface area contributed by atoms with E-state index in [1.807, 2.05) is 19.1 Å². The topological polar surface area (TPSA) is 67.4 Å². The normalized spacial score (nSPS) is 9.89. The summed E-state index contributed by atoms with van der Waals surface area (Å²) in [6.07, 6.45) is 0. The zero-order chi connectivity index (χ0) is 13.4. The van der Waals surface area contributed by atoms with E-state index in [1.54, 1.807) is 12.1 Å². The second kappa shape index (κ2) is 7.45. The van der Waals surface area contributed by atoms with Gasteiger partial charge in [0.15, 0.2) is 0 Å². The summed E-state index contributed by atoms with van der Waals surface area (Å²) in [6.45, 7) is 3.15. The predicted octanol–water partition coefficient (Wildman–Crippen LogP) is 0.699. The molecule has 5 nitrogen and oxygen atoms in total. The van der Waals surface area contributed by atoms with Gasteiger partial charge in [-0.2, -0.15) is 0 Å². The Morgan fingerprint density at radius 1 is 1.28 bits per heavy atom. The Bertz CT molecular complexity index is 418. The van der Waals surface area contributed by atoms with E-state index in [4.69, 9.17) is 4.74 Å². The van der Waals surface area contributed by atoms with Crippen molar-refractivity contribution in [3.63, 3.8) is 0 Å². The van der Waals surface area contributed by atoms with Crippen molar-refractivity contribution in [3.05, 3.63) is 35.4 Å². The van der Waals surface area contributed by atoms with Crippen molar-refractivity contribution in [3.8, 4) is 0 Å². The van der Waals surface area contributed by atoms with Crippen LogP contribution in [0.4, 0.5) is 0 Å². The molecule has 1 aromatic rings. The highest BCUT2D eigenvalue weighted by atomic mass is 16.5. The van der Waals surface area contributed by atoms with E-state index in [2.05, 4.69) is 10.6 Å². The van der Waals surface area contributed by atoms with E-state index in [-0.39, 0.29) is 18.4 Å². The lowest BCUT2D eigenvalue weighted by atomic mass is 10.1. The summed E-state index contributed by atoms with van der Waals surface area (Å²) in [6, 6.07) is 7.15. The SMILES string of the molecule is CCNC(=O)CNCc1ccccc1C(=O)OC. The molecule has 5 heteroatoms. The Morgan fingerprint density at radius 2 is 2.00 bits per heavy atom. The number of hydrogen-bond donors (Lipinski definition) is 2. The van der Waals surface area contributed by atoms with Crippen molar-refractivity contribution in [1.82, 2.24) is 10.6 Å². The molecule has 0 spiro atoms. The number of benzene rings is 1. The van der Waals surface area contributed by atoms with Gasteiger partial charge in [0.25, 0.3) is 0 Å². The Morgan fingerprint density at radius 3 is 2.67 bits per heavy atom. The van der Waals surface area contributed by atoms with Crippen LogP contribution in [0.25, 0.3) is 0 Å². The van der Waals surface area contributed by atoms with Crippen LogP contribution in [0.15, 0.2) is 24.3 Å². The molecule has 0 atom stereocenters. The van der Waals surface area contributed by atoms with Crippen molar-refractivity contribution in [2.24, 2.45) is 0 Å². The molecule has 0 fully saturated rings. The molecule has 0 saturated heterocycles. The van der Waals surface area contributed by atoms with Gasteiger partial charge in [-0.25, -0.2) is 4.79 Å². The summed E-state index contributed by atoms with van der Waals surface area (Å²) < 4.78 is 4.70. The molecule has 0 aliphatic carbocycles. The molecule has 0 aromatic heterocycles. The van der Waals surface area contributed by atoms with E-state index >= 15 is 0 Å². The van der Waals surface area contributed by atoms with Crippen molar-refractivity contribution in [2.75, 3.05) is 20.2 Å². The fraction of sp³-hybridized carbons (Fsp3) is 0.385. The number of esters is 1. The molecular formula is C13H18N2O3. The highest BCUT2D eigenvalue weighted by Gasteiger charge is 2.10. The first-order valence-electron chi connectivity index (χ1n) is 5.82. The molecule has 18 heavy (non-hydrogen) atoms. The number of hydrogen-bond acceptors (Lipinski definition) is 4. The average Bonchev–Trinajstić information content (AvgIpc) is 2.39. The number of methoxy groups -OCH3 is 1. The van der Waals surface area contributed by atoms with Gasteiger partial charge in [-0.1, -0.05) is 18.2 Å². The van der Waals surface area contributed by atoms with Crippen LogP contribution in [0, 0.1) is 0 Å². The van der Waals surface area contributed by atoms with Crippen molar-refractivity contribution >= 4 is 11.9 Å². The number of carbonyl (C=O) groups is 2. The number of carbonyl (C=O) groups excluding carboxylic acids is 2. The monoisotopic (exact) mass is 250 g/mol. The summed E-state index contributed by atoms with van der Waals surface area (Å²) in [4.78, 5) is 22.7. The Kier molecular flexibility index (Phi) is 5.87. The van der Waals surface area contributed by atoms with Crippen LogP contribution in [0.5, 0.6) is 0 Å². The van der Waals surface area contributed by atoms with Crippen LogP contribution in [0.1, 0.15) is 22.8 Å². The highest BCUT2D eigenvalue weighted by molar-refractivity contribution is 5.91. The number of ether oxygens (including phenoxy) is 1. The van der Waals surface area contributed by atoms with E-state index in [9.17, 15) is 9.59 Å². The Balaban J connectivity index is 2.57. The van der Waals surface area contributed by atoms with E-state index in [1.165, 1.54) is 7.11 Å². The van der Waals surface area contributed by atoms with Crippen LogP contribution in [0.3, 0.4) is 0 Å². The zero-order valence-electron chi connectivity index (χ0n) is 10.7. The van der Waals surface area contributed by atoms with Gasteiger partial charge < -0.3 is 15.4 Å². The van der Waals surface area contributed by atoms with Gasteiger partial charge in [-0.3, -0.25) is 4.79 Å². The van der Waals surface area contributed by atoms with Crippen LogP contribution in [-0.2, 0) is 16.1 Å². The molecule has 0 saturated carbocycles. The van der Waals surface area contributed by atoms with Crippen LogP contribution in [-0.4, -0.2) is 32.1 Å². The van der Waals surface area contributed by atoms with Gasteiger partial charge in [0.05, 0.1) is 19.2 Å². The third kappa shape index (κ3) is 4.18. The third-order valence-electron chi connectivity index (χ3n) is 2.40. The van der Waals surface area contributed by atoms with Crippen LogP contribution in [0.2, 0.25) is 0 Å². The molecule has 1 amide bonds.